The van der Waals surface area contributed by atoms with Crippen LogP contribution < -0.4 is 4.74 Å². The Morgan fingerprint density at radius 2 is 1.76 bits per heavy atom. The Hall–Kier alpha value is -0.700. The Balaban J connectivity index is 2.32. The number of hydrogen-bond donors (Lipinski definition) is 0. The molecular formula is C13H9BrCl2O. The maximum absolute atomic E-state index is 5.95. The summed E-state index contributed by atoms with van der Waals surface area (Å²) in [6, 6.07) is 12.8. The van der Waals surface area contributed by atoms with Crippen LogP contribution in [-0.4, -0.2) is 0 Å². The highest BCUT2D eigenvalue weighted by atomic mass is 79.9. The predicted molar refractivity (Wildman–Crippen MR) is 75.6 cm³/mol. The van der Waals surface area contributed by atoms with Gasteiger partial charge in [-0.05, 0) is 30.3 Å². The number of hydrogen-bond acceptors (Lipinski definition) is 1. The van der Waals surface area contributed by atoms with Crippen LogP contribution in [0.2, 0.25) is 10.0 Å². The summed E-state index contributed by atoms with van der Waals surface area (Å²) in [7, 11) is 0. The van der Waals surface area contributed by atoms with Gasteiger partial charge in [-0.2, -0.15) is 0 Å². The maximum atomic E-state index is 5.95. The molecule has 0 bridgehead atoms. The first-order chi connectivity index (χ1) is 8.19. The number of halogens is 3. The summed E-state index contributed by atoms with van der Waals surface area (Å²) in [5.74, 6) is 1.43. The van der Waals surface area contributed by atoms with Crippen molar-refractivity contribution in [2.24, 2.45) is 0 Å². The first-order valence-corrected chi connectivity index (χ1v) is 6.84. The van der Waals surface area contributed by atoms with Crippen molar-refractivity contribution in [3.8, 4) is 11.5 Å². The van der Waals surface area contributed by atoms with E-state index >= 15 is 0 Å². The van der Waals surface area contributed by atoms with E-state index in [1.807, 2.05) is 24.3 Å². The highest BCUT2D eigenvalue weighted by molar-refractivity contribution is 9.08. The first kappa shape index (κ1) is 12.7. The minimum atomic E-state index is 0.643. The molecule has 0 saturated carbocycles. The molecule has 0 amide bonds. The van der Waals surface area contributed by atoms with Gasteiger partial charge in [-0.1, -0.05) is 51.3 Å². The third kappa shape index (κ3) is 3.38. The minimum Gasteiger partial charge on any atom is -0.457 e. The zero-order chi connectivity index (χ0) is 12.3. The van der Waals surface area contributed by atoms with Gasteiger partial charge < -0.3 is 4.74 Å². The van der Waals surface area contributed by atoms with Gasteiger partial charge in [0.25, 0.3) is 0 Å². The van der Waals surface area contributed by atoms with Crippen molar-refractivity contribution < 1.29 is 4.74 Å². The lowest BCUT2D eigenvalue weighted by Crippen LogP contribution is -1.89. The summed E-state index contributed by atoms with van der Waals surface area (Å²) in [5, 5.41) is 2.00. The molecule has 0 unspecified atom stereocenters. The lowest BCUT2D eigenvalue weighted by molar-refractivity contribution is 0.478. The zero-order valence-corrected chi connectivity index (χ0v) is 11.9. The molecule has 2 aromatic carbocycles. The Morgan fingerprint density at radius 1 is 1.00 bits per heavy atom. The Bertz CT molecular complexity index is 529. The molecule has 0 aromatic heterocycles. The fourth-order valence-corrected chi connectivity index (χ4v) is 2.20. The number of ether oxygens (including phenoxy) is 1. The Labute approximate surface area is 118 Å². The number of alkyl halides is 1. The van der Waals surface area contributed by atoms with Gasteiger partial charge >= 0.3 is 0 Å². The molecule has 0 aliphatic heterocycles. The Morgan fingerprint density at radius 3 is 2.47 bits per heavy atom. The average molecular weight is 332 g/mol. The van der Waals surface area contributed by atoms with Gasteiger partial charge in [-0.15, -0.1) is 0 Å². The smallest absolute Gasteiger partial charge is 0.132 e. The van der Waals surface area contributed by atoms with Crippen LogP contribution in [0.25, 0.3) is 0 Å². The van der Waals surface area contributed by atoms with Gasteiger partial charge in [0.05, 0.1) is 0 Å². The van der Waals surface area contributed by atoms with E-state index in [9.17, 15) is 0 Å². The molecular weight excluding hydrogens is 323 g/mol. The molecule has 0 spiro atoms. The van der Waals surface area contributed by atoms with Crippen LogP contribution in [-0.2, 0) is 5.33 Å². The molecule has 0 radical (unpaired) electrons. The standard InChI is InChI=1S/C13H9BrCl2O/c14-8-9-4-5-11(16)7-13(9)17-12-3-1-2-10(15)6-12/h1-7H,8H2. The normalized spacial score (nSPS) is 10.3. The molecule has 0 heterocycles. The van der Waals surface area contributed by atoms with Gasteiger partial charge in [-0.3, -0.25) is 0 Å². The van der Waals surface area contributed by atoms with Crippen LogP contribution in [0, 0.1) is 0 Å². The summed E-state index contributed by atoms with van der Waals surface area (Å²) in [4.78, 5) is 0. The third-order valence-electron chi connectivity index (χ3n) is 2.20. The average Bonchev–Trinajstić information content (AvgIpc) is 2.29. The Kier molecular flexibility index (Phi) is 4.32. The molecule has 0 saturated heterocycles. The number of benzene rings is 2. The topological polar surface area (TPSA) is 9.23 Å². The second-order valence-electron chi connectivity index (χ2n) is 3.45. The van der Waals surface area contributed by atoms with Gasteiger partial charge in [0.15, 0.2) is 0 Å². The van der Waals surface area contributed by atoms with E-state index in [1.54, 1.807) is 18.2 Å². The summed E-state index contributed by atoms with van der Waals surface area (Å²) in [5.41, 5.74) is 1.04. The molecule has 0 aliphatic rings. The van der Waals surface area contributed by atoms with Crippen molar-refractivity contribution in [3.05, 3.63) is 58.1 Å². The quantitative estimate of drug-likeness (QED) is 0.657. The molecule has 0 atom stereocenters. The SMILES string of the molecule is Clc1cccc(Oc2cc(Cl)ccc2CBr)c1. The fourth-order valence-electron chi connectivity index (χ4n) is 1.39. The van der Waals surface area contributed by atoms with Crippen molar-refractivity contribution in [1.29, 1.82) is 0 Å². The summed E-state index contributed by atoms with van der Waals surface area (Å²) < 4.78 is 5.76. The fraction of sp³-hybridized carbons (Fsp3) is 0.0769. The predicted octanol–water partition coefficient (Wildman–Crippen LogP) is 5.68. The van der Waals surface area contributed by atoms with Crippen molar-refractivity contribution in [3.63, 3.8) is 0 Å². The van der Waals surface area contributed by atoms with Gasteiger partial charge in [-0.25, -0.2) is 0 Å². The molecule has 0 fully saturated rings. The monoisotopic (exact) mass is 330 g/mol. The van der Waals surface area contributed by atoms with E-state index in [1.165, 1.54) is 0 Å². The highest BCUT2D eigenvalue weighted by Crippen LogP contribution is 2.30. The molecule has 1 nitrogen and oxygen atoms in total. The van der Waals surface area contributed by atoms with E-state index in [0.29, 0.717) is 21.1 Å². The summed E-state index contributed by atoms with van der Waals surface area (Å²) >= 11 is 15.3. The highest BCUT2D eigenvalue weighted by Gasteiger charge is 2.05. The largest absolute Gasteiger partial charge is 0.457 e. The van der Waals surface area contributed by atoms with Crippen LogP contribution in [0.15, 0.2) is 42.5 Å². The van der Waals surface area contributed by atoms with Crippen molar-refractivity contribution in [2.75, 3.05) is 0 Å². The van der Waals surface area contributed by atoms with Crippen molar-refractivity contribution >= 4 is 39.1 Å². The second kappa shape index (κ2) is 5.76. The van der Waals surface area contributed by atoms with Crippen LogP contribution >= 0.6 is 39.1 Å². The van der Waals surface area contributed by atoms with Gasteiger partial charge in [0.2, 0.25) is 0 Å². The minimum absolute atomic E-state index is 0.643. The number of rotatable bonds is 3. The van der Waals surface area contributed by atoms with Crippen molar-refractivity contribution in [1.82, 2.24) is 0 Å². The molecule has 0 aliphatic carbocycles. The lowest BCUT2D eigenvalue weighted by atomic mass is 10.2. The summed E-state index contributed by atoms with van der Waals surface area (Å²) in [6.07, 6.45) is 0. The first-order valence-electron chi connectivity index (χ1n) is 4.97. The lowest BCUT2D eigenvalue weighted by Gasteiger charge is -2.10. The molecule has 2 aromatic rings. The zero-order valence-electron chi connectivity index (χ0n) is 8.79. The van der Waals surface area contributed by atoms with E-state index in [-0.39, 0.29) is 0 Å². The molecule has 2 rings (SSSR count). The second-order valence-corrected chi connectivity index (χ2v) is 4.88. The molecule has 88 valence electrons. The maximum Gasteiger partial charge on any atom is 0.132 e. The summed E-state index contributed by atoms with van der Waals surface area (Å²) in [6.45, 7) is 0. The van der Waals surface area contributed by atoms with Crippen LogP contribution in [0.4, 0.5) is 0 Å². The molecule has 17 heavy (non-hydrogen) atoms. The van der Waals surface area contributed by atoms with E-state index in [0.717, 1.165) is 11.3 Å². The van der Waals surface area contributed by atoms with E-state index < -0.39 is 0 Å². The van der Waals surface area contributed by atoms with Gasteiger partial charge in [0.1, 0.15) is 11.5 Å². The van der Waals surface area contributed by atoms with Crippen molar-refractivity contribution in [2.45, 2.75) is 5.33 Å². The van der Waals surface area contributed by atoms with Crippen LogP contribution in [0.1, 0.15) is 5.56 Å². The van der Waals surface area contributed by atoms with Gasteiger partial charge in [0, 0.05) is 20.9 Å². The van der Waals surface area contributed by atoms with E-state index in [4.69, 9.17) is 27.9 Å². The third-order valence-corrected chi connectivity index (χ3v) is 3.27. The molecule has 0 N–H and O–H groups in total. The van der Waals surface area contributed by atoms with Crippen LogP contribution in [0.3, 0.4) is 0 Å². The molecule has 4 heteroatoms. The van der Waals surface area contributed by atoms with Crippen LogP contribution in [0.5, 0.6) is 11.5 Å². The van der Waals surface area contributed by atoms with E-state index in [2.05, 4.69) is 15.9 Å².